The van der Waals surface area contributed by atoms with Crippen molar-refractivity contribution in [1.82, 2.24) is 24.9 Å². The van der Waals surface area contributed by atoms with E-state index in [2.05, 4.69) is 69.4 Å². The second-order valence-corrected chi connectivity index (χ2v) is 13.1. The summed E-state index contributed by atoms with van der Waals surface area (Å²) in [5, 5.41) is 26.0. The quantitative estimate of drug-likeness (QED) is 0.105. The number of rotatable bonds is 9. The van der Waals surface area contributed by atoms with Crippen LogP contribution in [0.25, 0.3) is 5.70 Å². The first-order valence-corrected chi connectivity index (χ1v) is 15.7. The minimum Gasteiger partial charge on any atom is -0.373 e. The monoisotopic (exact) mass is 659 g/mol. The molecule has 0 unspecified atom stereocenters. The lowest BCUT2D eigenvalue weighted by Gasteiger charge is -2.40. The molecule has 4 aromatic rings. The number of likely N-dealkylation sites (tertiary alicyclic amines) is 1. The lowest BCUT2D eigenvalue weighted by Crippen LogP contribution is -2.46. The topological polar surface area (TPSA) is 107 Å². The van der Waals surface area contributed by atoms with Gasteiger partial charge in [-0.1, -0.05) is 58.7 Å². The third kappa shape index (κ3) is 7.39. The maximum atomic E-state index is 13.8. The molecule has 1 aliphatic heterocycles. The van der Waals surface area contributed by atoms with Crippen LogP contribution in [0.2, 0.25) is 10.0 Å². The number of nitriles is 1. The van der Waals surface area contributed by atoms with Gasteiger partial charge in [-0.25, -0.2) is 9.67 Å². The van der Waals surface area contributed by atoms with Gasteiger partial charge in [0.25, 0.3) is 0 Å². The molecule has 0 bridgehead atoms. The summed E-state index contributed by atoms with van der Waals surface area (Å²) >= 11 is 12.8. The first-order chi connectivity index (χ1) is 22.0. The molecule has 46 heavy (non-hydrogen) atoms. The van der Waals surface area contributed by atoms with E-state index in [-0.39, 0.29) is 22.6 Å². The van der Waals surface area contributed by atoms with Gasteiger partial charge in [-0.2, -0.15) is 9.65 Å². The summed E-state index contributed by atoms with van der Waals surface area (Å²) in [6.45, 7) is 14.1. The average Bonchev–Trinajstić information content (AvgIpc) is 3.54. The normalized spacial score (nSPS) is 15.5. The largest absolute Gasteiger partial charge is 0.373 e. The molecule has 0 saturated carbocycles. The number of halogens is 3. The van der Waals surface area contributed by atoms with Crippen LogP contribution >= 0.6 is 23.2 Å². The summed E-state index contributed by atoms with van der Waals surface area (Å²) in [6, 6.07) is 17.0. The molecular formula is C34H36Cl2FN9. The zero-order valence-electron chi connectivity index (χ0n) is 26.2. The fourth-order valence-corrected chi connectivity index (χ4v) is 6.07. The van der Waals surface area contributed by atoms with Gasteiger partial charge >= 0.3 is 0 Å². The van der Waals surface area contributed by atoms with Gasteiger partial charge in [0, 0.05) is 29.9 Å². The zero-order chi connectivity index (χ0) is 33.0. The molecule has 5 rings (SSSR count). The van der Waals surface area contributed by atoms with Crippen molar-refractivity contribution in [3.63, 3.8) is 0 Å². The van der Waals surface area contributed by atoms with Gasteiger partial charge in [-0.3, -0.25) is 9.89 Å². The minimum absolute atomic E-state index is 0.136. The number of allylic oxidation sites excluding steroid dienone is 1. The predicted molar refractivity (Wildman–Crippen MR) is 183 cm³/mol. The number of nitrogens with one attached hydrogen (secondary N) is 2. The molecule has 12 heteroatoms. The Balaban J connectivity index is 1.50. The van der Waals surface area contributed by atoms with Crippen molar-refractivity contribution in [2.24, 2.45) is 4.99 Å². The van der Waals surface area contributed by atoms with Crippen LogP contribution in [0.4, 0.5) is 21.5 Å². The molecule has 238 valence electrons. The molecule has 1 atom stereocenters. The van der Waals surface area contributed by atoms with E-state index in [9.17, 15) is 9.65 Å². The summed E-state index contributed by atoms with van der Waals surface area (Å²) in [5.74, 6) is -0.795. The summed E-state index contributed by atoms with van der Waals surface area (Å²) in [5.41, 5.74) is 4.50. The van der Waals surface area contributed by atoms with Crippen molar-refractivity contribution in [3.8, 4) is 6.07 Å². The Morgan fingerprint density at radius 2 is 1.80 bits per heavy atom. The molecule has 9 nitrogen and oxygen atoms in total. The summed E-state index contributed by atoms with van der Waals surface area (Å²) in [7, 11) is 0. The molecule has 2 aromatic carbocycles. The van der Waals surface area contributed by atoms with E-state index in [0.29, 0.717) is 38.9 Å². The van der Waals surface area contributed by atoms with Crippen LogP contribution in [0, 0.1) is 17.3 Å². The van der Waals surface area contributed by atoms with Gasteiger partial charge in [0.05, 0.1) is 63.2 Å². The van der Waals surface area contributed by atoms with E-state index < -0.39 is 5.95 Å². The number of pyridine rings is 1. The Hall–Kier alpha value is -4.30. The van der Waals surface area contributed by atoms with Gasteiger partial charge in [-0.05, 0) is 71.0 Å². The van der Waals surface area contributed by atoms with E-state index in [1.54, 1.807) is 13.0 Å². The molecule has 0 amide bonds. The summed E-state index contributed by atoms with van der Waals surface area (Å²) < 4.78 is 15.8. The Bertz CT molecular complexity index is 1780. The van der Waals surface area contributed by atoms with Gasteiger partial charge in [-0.15, -0.1) is 5.10 Å². The molecule has 1 aliphatic rings. The van der Waals surface area contributed by atoms with Gasteiger partial charge in [0.2, 0.25) is 5.95 Å². The molecule has 2 aromatic heterocycles. The van der Waals surface area contributed by atoms with Crippen molar-refractivity contribution in [2.45, 2.75) is 58.2 Å². The van der Waals surface area contributed by atoms with Gasteiger partial charge < -0.3 is 10.6 Å². The number of nitrogens with zero attached hydrogens (tertiary/aromatic N) is 7. The number of aromatic nitrogens is 4. The van der Waals surface area contributed by atoms with Gasteiger partial charge in [0.15, 0.2) is 0 Å². The first-order valence-electron chi connectivity index (χ1n) is 15.0. The first kappa shape index (κ1) is 33.1. The Labute approximate surface area is 278 Å². The van der Waals surface area contributed by atoms with Crippen LogP contribution in [0.3, 0.4) is 0 Å². The molecule has 1 saturated heterocycles. The van der Waals surface area contributed by atoms with Crippen molar-refractivity contribution in [2.75, 3.05) is 23.7 Å². The minimum atomic E-state index is -0.795. The molecule has 2 N–H and O–H groups in total. The fraction of sp³-hybridized carbons (Fsp3) is 0.324. The van der Waals surface area contributed by atoms with E-state index in [4.69, 9.17) is 23.2 Å². The maximum Gasteiger partial charge on any atom is 0.231 e. The second-order valence-electron chi connectivity index (χ2n) is 12.2. The van der Waals surface area contributed by atoms with E-state index >= 15 is 0 Å². The van der Waals surface area contributed by atoms with Crippen molar-refractivity contribution >= 4 is 52.7 Å². The van der Waals surface area contributed by atoms with Gasteiger partial charge in [0.1, 0.15) is 5.69 Å². The standard InChI is InChI=1S/C34H36Cl2FN9/c1-21(18-38)30(42-24-17-28(36)33(37)40-19-24)26-15-23(16-27(35)32(26)39-5)41-31(22-9-7-6-8-10-22)29-20-46(44-43-29)25-11-13-45(14-12-25)34(2,3)4/h6-10,15-17,19-20,25,31,41-42H,5,11-14H2,1-4H3/b30-21-/t31-/m0/s1. The highest BCUT2D eigenvalue weighted by atomic mass is 35.5. The third-order valence-corrected chi connectivity index (χ3v) is 8.71. The lowest BCUT2D eigenvalue weighted by atomic mass is 9.98. The Kier molecular flexibility index (Phi) is 10.1. The molecular weight excluding hydrogens is 624 g/mol. The van der Waals surface area contributed by atoms with Crippen LogP contribution in [0.15, 0.2) is 71.5 Å². The lowest BCUT2D eigenvalue weighted by molar-refractivity contribution is 0.0866. The molecule has 0 aliphatic carbocycles. The SMILES string of the molecule is C=Nc1c(Cl)cc(N[C@@H](c2ccccc2)c2cn(C3CCN(C(C)(C)C)CC3)nn2)cc1/C(Nc1cnc(F)c(Cl)c1)=C(\C)C#N. The number of benzene rings is 2. The highest BCUT2D eigenvalue weighted by molar-refractivity contribution is 6.34. The smallest absolute Gasteiger partial charge is 0.231 e. The van der Waals surface area contributed by atoms with E-state index in [0.717, 1.165) is 37.2 Å². The molecule has 3 heterocycles. The van der Waals surface area contributed by atoms with Crippen molar-refractivity contribution < 1.29 is 4.39 Å². The van der Waals surface area contributed by atoms with Crippen LogP contribution in [-0.2, 0) is 0 Å². The van der Waals surface area contributed by atoms with Crippen LogP contribution < -0.4 is 10.6 Å². The molecule has 0 radical (unpaired) electrons. The van der Waals surface area contributed by atoms with E-state index in [1.165, 1.54) is 12.3 Å². The Morgan fingerprint density at radius 3 is 2.43 bits per heavy atom. The van der Waals surface area contributed by atoms with Crippen molar-refractivity contribution in [3.05, 3.63) is 99.3 Å². The number of hydrogen-bond acceptors (Lipinski definition) is 8. The molecule has 0 spiro atoms. The number of piperidine rings is 1. The van der Waals surface area contributed by atoms with Crippen LogP contribution in [0.5, 0.6) is 0 Å². The number of anilines is 2. The van der Waals surface area contributed by atoms with Crippen LogP contribution in [0.1, 0.15) is 69.4 Å². The maximum absolute atomic E-state index is 13.8. The number of aliphatic imine (C=N–C) groups is 1. The predicted octanol–water partition coefficient (Wildman–Crippen LogP) is 8.45. The highest BCUT2D eigenvalue weighted by Crippen LogP contribution is 2.40. The highest BCUT2D eigenvalue weighted by Gasteiger charge is 2.29. The average molecular weight is 661 g/mol. The fourth-order valence-electron chi connectivity index (χ4n) is 5.63. The molecule has 1 fully saturated rings. The van der Waals surface area contributed by atoms with E-state index in [1.807, 2.05) is 47.3 Å². The second kappa shape index (κ2) is 14.0. The van der Waals surface area contributed by atoms with Crippen molar-refractivity contribution in [1.29, 1.82) is 5.26 Å². The third-order valence-electron chi connectivity index (χ3n) is 8.15. The summed E-state index contributed by atoms with van der Waals surface area (Å²) in [6.07, 6.45) is 5.29. The summed E-state index contributed by atoms with van der Waals surface area (Å²) in [4.78, 5) is 10.4. The zero-order valence-corrected chi connectivity index (χ0v) is 27.7. The van der Waals surface area contributed by atoms with Crippen LogP contribution in [-0.4, -0.2) is 50.2 Å². The Morgan fingerprint density at radius 1 is 1.11 bits per heavy atom. The number of hydrogen-bond donors (Lipinski definition) is 2.